The second kappa shape index (κ2) is 28.2. The Balaban J connectivity index is 0. The zero-order valence-electron chi connectivity index (χ0n) is 28.6. The zero-order valence-corrected chi connectivity index (χ0v) is 28.6. The van der Waals surface area contributed by atoms with Crippen molar-refractivity contribution in [1.29, 1.82) is 0 Å². The van der Waals surface area contributed by atoms with Gasteiger partial charge in [0, 0.05) is 17.4 Å². The van der Waals surface area contributed by atoms with Gasteiger partial charge in [0.2, 0.25) is 0 Å². The molecule has 1 aromatic rings. The van der Waals surface area contributed by atoms with Crippen LogP contribution in [0.15, 0.2) is 146 Å². The number of nitrogens with zero attached hydrogens (tertiary/aromatic N) is 1. The molecule has 0 amide bonds. The lowest BCUT2D eigenvalue weighted by atomic mass is 10.1. The van der Waals surface area contributed by atoms with Crippen LogP contribution < -0.4 is 4.90 Å². The number of rotatable bonds is 17. The first-order valence-corrected chi connectivity index (χ1v) is 15.5. The minimum absolute atomic E-state index is 0.165. The van der Waals surface area contributed by atoms with Gasteiger partial charge in [-0.2, -0.15) is 0 Å². The molecule has 236 valence electrons. The fraction of sp³-hybridized carbons (Fsp3) is 0.350. The molecule has 1 aromatic carbocycles. The van der Waals surface area contributed by atoms with Gasteiger partial charge < -0.3 is 14.4 Å². The number of anilines is 1. The predicted octanol–water partition coefficient (Wildman–Crippen LogP) is 12.3. The first kappa shape index (κ1) is 41.2. The molecule has 1 unspecified atom stereocenters. The van der Waals surface area contributed by atoms with Crippen LogP contribution >= 0.6 is 0 Å². The van der Waals surface area contributed by atoms with E-state index in [0.29, 0.717) is 18.1 Å². The molecule has 3 nitrogen and oxygen atoms in total. The van der Waals surface area contributed by atoms with Gasteiger partial charge in [0.15, 0.2) is 0 Å². The third-order valence-corrected chi connectivity index (χ3v) is 5.44. The summed E-state index contributed by atoms with van der Waals surface area (Å²) in [5.41, 5.74) is 3.46. The highest BCUT2D eigenvalue weighted by Crippen LogP contribution is 2.24. The van der Waals surface area contributed by atoms with Gasteiger partial charge >= 0.3 is 0 Å². The molecule has 0 fully saturated rings. The van der Waals surface area contributed by atoms with Gasteiger partial charge in [-0.3, -0.25) is 0 Å². The van der Waals surface area contributed by atoms with E-state index in [9.17, 15) is 0 Å². The zero-order chi connectivity index (χ0) is 32.9. The van der Waals surface area contributed by atoms with Crippen LogP contribution in [0.1, 0.15) is 80.2 Å². The third-order valence-electron chi connectivity index (χ3n) is 5.44. The molecular formula is C40H59NO2. The monoisotopic (exact) mass is 585 g/mol. The van der Waals surface area contributed by atoms with E-state index >= 15 is 0 Å². The minimum atomic E-state index is 0.165. The molecule has 0 saturated carbocycles. The van der Waals surface area contributed by atoms with E-state index in [-0.39, 0.29) is 6.04 Å². The summed E-state index contributed by atoms with van der Waals surface area (Å²) in [4.78, 5) is 2.30. The highest BCUT2D eigenvalue weighted by molar-refractivity contribution is 5.55. The van der Waals surface area contributed by atoms with Crippen molar-refractivity contribution in [2.45, 2.75) is 87.6 Å². The quantitative estimate of drug-likeness (QED) is 0.0785. The number of unbranched alkanes of at least 4 members (excludes halogenated alkanes) is 1. The average Bonchev–Trinajstić information content (AvgIpc) is 2.98. The molecule has 0 bridgehead atoms. The molecule has 0 aromatic heterocycles. The number of aryl methyl sites for hydroxylation is 1. The smallest absolute Gasteiger partial charge is 0.126 e. The van der Waals surface area contributed by atoms with Crippen LogP contribution in [0.3, 0.4) is 0 Å². The Hall–Kier alpha value is -3.98. The van der Waals surface area contributed by atoms with Crippen LogP contribution in [0.25, 0.3) is 0 Å². The van der Waals surface area contributed by atoms with E-state index in [0.717, 1.165) is 30.0 Å². The van der Waals surface area contributed by atoms with E-state index in [1.807, 2.05) is 76.3 Å². The fourth-order valence-corrected chi connectivity index (χ4v) is 3.60. The highest BCUT2D eigenvalue weighted by atomic mass is 16.5. The number of hydrogen-bond donors (Lipinski definition) is 0. The molecular weight excluding hydrogens is 526 g/mol. The number of hydrogen-bond acceptors (Lipinski definition) is 3. The molecule has 0 aliphatic heterocycles. The summed E-state index contributed by atoms with van der Waals surface area (Å²) in [6, 6.07) is 8.70. The first-order valence-electron chi connectivity index (χ1n) is 15.5. The van der Waals surface area contributed by atoms with E-state index in [4.69, 9.17) is 9.47 Å². The van der Waals surface area contributed by atoms with Gasteiger partial charge in [0.1, 0.15) is 18.1 Å². The predicted molar refractivity (Wildman–Crippen MR) is 194 cm³/mol. The van der Waals surface area contributed by atoms with Gasteiger partial charge in [-0.25, -0.2) is 0 Å². The number of benzene rings is 1. The van der Waals surface area contributed by atoms with Crippen molar-refractivity contribution in [2.75, 3.05) is 11.5 Å². The van der Waals surface area contributed by atoms with Crippen molar-refractivity contribution < 1.29 is 9.47 Å². The summed E-state index contributed by atoms with van der Waals surface area (Å²) >= 11 is 0. The van der Waals surface area contributed by atoms with Crippen LogP contribution in [0.2, 0.25) is 0 Å². The summed E-state index contributed by atoms with van der Waals surface area (Å²) in [5, 5.41) is 0. The Labute approximate surface area is 265 Å². The standard InChI is InChI=1S/C35H45NO2.C3H8.C2H6/c1-9-13-15-21-30(6)36(33-23-17-20-29(5)28-33)31(7)25-26-34(12-4)37-27-18-24-35(19-11-3)38-32(8)22-16-14-10-2;1-3-2;1-2/h9-13,15,17-26,28,30H,2-4,14,16,27H2,1,5-8H3;3H2,1-2H3;1-2H3/b13-9-,21-15-,24-18-,31-25+,32-22+,34-26+,35-19+;;. The topological polar surface area (TPSA) is 21.7 Å². The maximum Gasteiger partial charge on any atom is 0.126 e. The SMILES string of the molecule is C=C/C=C(\C=C/CO/C(C=C)=C/C=C(\C)N(c1cccc(C)c1)C(C)/C=C\C=C/C)O/C(C)=C/CCC=C.CC.CCC. The minimum Gasteiger partial charge on any atom is -0.490 e. The van der Waals surface area contributed by atoms with Gasteiger partial charge in [-0.1, -0.05) is 95.9 Å². The molecule has 1 atom stereocenters. The molecule has 0 saturated heterocycles. The Morgan fingerprint density at radius 2 is 1.67 bits per heavy atom. The van der Waals surface area contributed by atoms with Gasteiger partial charge in [-0.05, 0) is 108 Å². The lowest BCUT2D eigenvalue weighted by molar-refractivity contribution is 0.260. The number of allylic oxidation sites excluding steroid dienone is 13. The van der Waals surface area contributed by atoms with Crippen molar-refractivity contribution >= 4 is 5.69 Å². The second-order valence-electron chi connectivity index (χ2n) is 9.45. The third kappa shape index (κ3) is 20.5. The van der Waals surface area contributed by atoms with Crippen molar-refractivity contribution in [2.24, 2.45) is 0 Å². The van der Waals surface area contributed by atoms with Gasteiger partial charge in [0.25, 0.3) is 0 Å². The average molecular weight is 586 g/mol. The molecule has 0 N–H and O–H groups in total. The molecule has 43 heavy (non-hydrogen) atoms. The van der Waals surface area contributed by atoms with Crippen LogP contribution in [0.5, 0.6) is 0 Å². The first-order chi connectivity index (χ1) is 20.8. The highest BCUT2D eigenvalue weighted by Gasteiger charge is 2.14. The molecule has 0 aliphatic rings. The van der Waals surface area contributed by atoms with Crippen LogP contribution in [0.4, 0.5) is 5.69 Å². The summed E-state index contributed by atoms with van der Waals surface area (Å²) in [6.45, 7) is 30.4. The van der Waals surface area contributed by atoms with Crippen molar-refractivity contribution in [3.8, 4) is 0 Å². The fourth-order valence-electron chi connectivity index (χ4n) is 3.60. The Kier molecular flexibility index (Phi) is 26.9. The molecule has 3 heteroatoms. The molecule has 0 radical (unpaired) electrons. The van der Waals surface area contributed by atoms with E-state index in [1.165, 1.54) is 12.0 Å². The van der Waals surface area contributed by atoms with Gasteiger partial charge in [0.05, 0.1) is 5.76 Å². The van der Waals surface area contributed by atoms with Crippen LogP contribution in [-0.2, 0) is 9.47 Å². The summed E-state index contributed by atoms with van der Waals surface area (Å²) < 4.78 is 11.8. The molecule has 0 spiro atoms. The van der Waals surface area contributed by atoms with Crippen molar-refractivity contribution in [3.63, 3.8) is 0 Å². The molecule has 0 aliphatic carbocycles. The maximum absolute atomic E-state index is 5.93. The molecule has 0 heterocycles. The van der Waals surface area contributed by atoms with E-state index < -0.39 is 0 Å². The largest absolute Gasteiger partial charge is 0.490 e. The van der Waals surface area contributed by atoms with Crippen LogP contribution in [-0.4, -0.2) is 12.6 Å². The van der Waals surface area contributed by atoms with Crippen molar-refractivity contribution in [3.05, 3.63) is 152 Å². The second-order valence-corrected chi connectivity index (χ2v) is 9.45. The normalized spacial score (nSPS) is 13.1. The maximum atomic E-state index is 5.93. The summed E-state index contributed by atoms with van der Waals surface area (Å²) in [5.74, 6) is 2.22. The lowest BCUT2D eigenvalue weighted by Crippen LogP contribution is -2.29. The summed E-state index contributed by atoms with van der Waals surface area (Å²) in [6.07, 6.45) is 28.4. The van der Waals surface area contributed by atoms with E-state index in [1.54, 1.807) is 12.2 Å². The lowest BCUT2D eigenvalue weighted by Gasteiger charge is -2.30. The van der Waals surface area contributed by atoms with Crippen LogP contribution in [0, 0.1) is 6.92 Å². The van der Waals surface area contributed by atoms with Gasteiger partial charge in [-0.15, -0.1) is 6.58 Å². The van der Waals surface area contributed by atoms with Crippen molar-refractivity contribution in [1.82, 2.24) is 0 Å². The Morgan fingerprint density at radius 1 is 0.977 bits per heavy atom. The molecule has 1 rings (SSSR count). The summed E-state index contributed by atoms with van der Waals surface area (Å²) in [7, 11) is 0. The number of ether oxygens (including phenoxy) is 2. The Bertz CT molecular complexity index is 1120. The van der Waals surface area contributed by atoms with E-state index in [2.05, 4.69) is 102 Å². The Morgan fingerprint density at radius 3 is 2.26 bits per heavy atom.